The van der Waals surface area contributed by atoms with Gasteiger partial charge < -0.3 is 19.8 Å². The number of carbonyl (C=O) groups is 1. The van der Waals surface area contributed by atoms with E-state index in [2.05, 4.69) is 20.9 Å². The molecule has 5 rings (SSSR count). The number of primary amides is 1. The molecule has 2 aliphatic rings. The Hall–Kier alpha value is -3.16. The van der Waals surface area contributed by atoms with Crippen LogP contribution < -0.4 is 15.2 Å². The molecule has 28 heavy (non-hydrogen) atoms. The summed E-state index contributed by atoms with van der Waals surface area (Å²) in [6.07, 6.45) is 3.16. The minimum atomic E-state index is -3.84. The van der Waals surface area contributed by atoms with E-state index in [-0.39, 0.29) is 17.1 Å². The Morgan fingerprint density at radius 1 is 1.36 bits per heavy atom. The first-order chi connectivity index (χ1) is 13.4. The van der Waals surface area contributed by atoms with Crippen molar-refractivity contribution in [3.05, 3.63) is 59.4 Å². The molecule has 2 radical (unpaired) electrons. The summed E-state index contributed by atoms with van der Waals surface area (Å²) in [7, 11) is 0. The highest BCUT2D eigenvalue weighted by Crippen LogP contribution is 2.48. The molecule has 1 aliphatic carbocycles. The highest BCUT2D eigenvalue weighted by atomic mass is 19.3. The summed E-state index contributed by atoms with van der Waals surface area (Å²) in [5, 5.41) is 0.645. The van der Waals surface area contributed by atoms with Gasteiger partial charge in [0.1, 0.15) is 5.56 Å². The van der Waals surface area contributed by atoms with Crippen LogP contribution in [0.4, 0.5) is 8.78 Å². The third-order valence-corrected chi connectivity index (χ3v) is 5.07. The van der Waals surface area contributed by atoms with Crippen molar-refractivity contribution in [2.45, 2.75) is 32.1 Å². The maximum Gasteiger partial charge on any atom is 0.586 e. The molecule has 2 aromatic heterocycles. The molecule has 0 saturated carbocycles. The fraction of sp³-hybridized carbons (Fsp3) is 0.250. The number of nitrogens with two attached hydrogens (primary N) is 1. The van der Waals surface area contributed by atoms with Gasteiger partial charge in [0.05, 0.1) is 17.8 Å². The number of fused-ring (bicyclic) bond motifs is 4. The van der Waals surface area contributed by atoms with Crippen LogP contribution in [0.5, 0.6) is 11.5 Å². The van der Waals surface area contributed by atoms with Gasteiger partial charge in [-0.2, -0.15) is 0 Å². The van der Waals surface area contributed by atoms with Gasteiger partial charge in [0.25, 0.3) is 5.91 Å². The third-order valence-electron chi connectivity index (χ3n) is 5.07. The number of ether oxygens (including phenoxy) is 2. The summed E-state index contributed by atoms with van der Waals surface area (Å²) in [5.41, 5.74) is 8.68. The zero-order valence-electron chi connectivity index (χ0n) is 14.7. The Morgan fingerprint density at radius 3 is 2.96 bits per heavy atom. The van der Waals surface area contributed by atoms with Gasteiger partial charge in [-0.3, -0.25) is 9.78 Å². The fourth-order valence-corrected chi connectivity index (χ4v) is 4.00. The van der Waals surface area contributed by atoms with Crippen LogP contribution in [0.25, 0.3) is 10.9 Å². The number of rotatable bonds is 3. The molecule has 0 bridgehead atoms. The Balaban J connectivity index is 1.82. The number of amides is 1. The molecule has 6 nitrogen and oxygen atoms in total. The van der Waals surface area contributed by atoms with E-state index in [0.29, 0.717) is 23.9 Å². The molecule has 0 spiro atoms. The van der Waals surface area contributed by atoms with E-state index < -0.39 is 12.2 Å². The monoisotopic (exact) mass is 383 g/mol. The zero-order valence-corrected chi connectivity index (χ0v) is 14.7. The molecule has 142 valence electrons. The zero-order chi connectivity index (χ0) is 19.5. The van der Waals surface area contributed by atoms with Crippen LogP contribution in [0, 0.1) is 6.42 Å². The van der Waals surface area contributed by atoms with Crippen molar-refractivity contribution >= 4 is 16.8 Å². The van der Waals surface area contributed by atoms with E-state index in [1.54, 1.807) is 6.20 Å². The second kappa shape index (κ2) is 5.92. The Kier molecular flexibility index (Phi) is 3.59. The van der Waals surface area contributed by atoms with E-state index in [1.807, 2.05) is 22.8 Å². The molecule has 3 aromatic rings. The summed E-state index contributed by atoms with van der Waals surface area (Å²) in [6, 6.07) is 7.04. The van der Waals surface area contributed by atoms with E-state index in [0.717, 1.165) is 29.8 Å². The lowest BCUT2D eigenvalue weighted by Crippen LogP contribution is -2.26. The van der Waals surface area contributed by atoms with Crippen LogP contribution in [-0.4, -0.2) is 21.8 Å². The summed E-state index contributed by atoms with van der Waals surface area (Å²) in [6.45, 7) is 0.378. The number of aromatic nitrogens is 2. The lowest BCUT2D eigenvalue weighted by Gasteiger charge is -2.16. The molecule has 2 N–H and O–H groups in total. The predicted molar refractivity (Wildman–Crippen MR) is 95.3 cm³/mol. The smallest absolute Gasteiger partial charge is 0.395 e. The first kappa shape index (κ1) is 17.0. The van der Waals surface area contributed by atoms with Gasteiger partial charge in [-0.1, -0.05) is 6.07 Å². The van der Waals surface area contributed by atoms with Crippen LogP contribution in [-0.2, 0) is 19.4 Å². The molecule has 0 atom stereocenters. The van der Waals surface area contributed by atoms with Crippen LogP contribution in [0.1, 0.15) is 33.7 Å². The molecular formula is C20H15F2N3O3. The normalized spacial score (nSPS) is 16.9. The minimum Gasteiger partial charge on any atom is -0.395 e. The number of hydrogen-bond donors (Lipinski definition) is 1. The molecule has 0 saturated heterocycles. The maximum absolute atomic E-state index is 13.7. The quantitative estimate of drug-likeness (QED) is 0.754. The van der Waals surface area contributed by atoms with Gasteiger partial charge >= 0.3 is 6.29 Å². The average molecular weight is 383 g/mol. The second-order valence-electron chi connectivity index (χ2n) is 6.77. The number of pyridine rings is 1. The first-order valence-electron chi connectivity index (χ1n) is 8.82. The molecule has 1 aliphatic heterocycles. The van der Waals surface area contributed by atoms with Gasteiger partial charge in [-0.25, -0.2) is 0 Å². The first-order valence-corrected chi connectivity index (χ1v) is 8.82. The molecule has 8 heteroatoms. The topological polar surface area (TPSA) is 79.4 Å². The van der Waals surface area contributed by atoms with Crippen LogP contribution in [0.2, 0.25) is 0 Å². The molecule has 1 aromatic carbocycles. The van der Waals surface area contributed by atoms with Crippen LogP contribution in [0.15, 0.2) is 30.5 Å². The standard InChI is InChI=1S/C20H15F2N3O3/c21-20(22)27-15-9-13-12-6-1-2-7-14(12)25(10-11-5-3-4-8-24-11)17(13)16(19(23)26)18(15)28-20/h3-5,8-9H,2,6-7,10H2,(H2,23,26). The SMILES string of the molecule is NC(=O)c1c2c(cc3c4c(n(Cc5ccccn5)c13)CC[C]C4)OC(F)(F)O2. The Bertz CT molecular complexity index is 1110. The van der Waals surface area contributed by atoms with Gasteiger partial charge in [0.2, 0.25) is 0 Å². The van der Waals surface area contributed by atoms with Crippen molar-refractivity contribution in [1.29, 1.82) is 0 Å². The molecule has 1 amide bonds. The van der Waals surface area contributed by atoms with Gasteiger partial charge in [0, 0.05) is 17.3 Å². The minimum absolute atomic E-state index is 0.102. The molecule has 3 heterocycles. The third kappa shape index (κ3) is 2.51. The number of carbonyl (C=O) groups excluding carboxylic acids is 1. The lowest BCUT2D eigenvalue weighted by atomic mass is 9.95. The highest BCUT2D eigenvalue weighted by Gasteiger charge is 2.46. The van der Waals surface area contributed by atoms with E-state index in [9.17, 15) is 13.6 Å². The number of benzene rings is 1. The Labute approximate surface area is 158 Å². The van der Waals surface area contributed by atoms with Crippen molar-refractivity contribution in [2.75, 3.05) is 0 Å². The second-order valence-corrected chi connectivity index (χ2v) is 6.77. The molecular weight excluding hydrogens is 368 g/mol. The Morgan fingerprint density at radius 2 is 2.21 bits per heavy atom. The summed E-state index contributed by atoms with van der Waals surface area (Å²) in [5.74, 6) is -1.36. The van der Waals surface area contributed by atoms with E-state index in [1.165, 1.54) is 6.07 Å². The van der Waals surface area contributed by atoms with Crippen molar-refractivity contribution < 1.29 is 23.0 Å². The highest BCUT2D eigenvalue weighted by molar-refractivity contribution is 6.10. The fourth-order valence-electron chi connectivity index (χ4n) is 4.00. The molecule has 0 unspecified atom stereocenters. The average Bonchev–Trinajstić information content (AvgIpc) is 3.14. The lowest BCUT2D eigenvalue weighted by molar-refractivity contribution is -0.286. The van der Waals surface area contributed by atoms with Crippen LogP contribution >= 0.6 is 0 Å². The number of halogens is 2. The van der Waals surface area contributed by atoms with E-state index in [4.69, 9.17) is 5.73 Å². The summed E-state index contributed by atoms with van der Waals surface area (Å²) < 4.78 is 38.6. The van der Waals surface area contributed by atoms with Crippen molar-refractivity contribution in [3.8, 4) is 11.5 Å². The van der Waals surface area contributed by atoms with Crippen molar-refractivity contribution in [3.63, 3.8) is 0 Å². The largest absolute Gasteiger partial charge is 0.586 e. The number of nitrogens with zero attached hydrogens (tertiary/aromatic N) is 2. The van der Waals surface area contributed by atoms with Gasteiger partial charge in [-0.05, 0) is 49.4 Å². The maximum atomic E-state index is 13.7. The van der Waals surface area contributed by atoms with Crippen molar-refractivity contribution in [2.24, 2.45) is 5.73 Å². The van der Waals surface area contributed by atoms with Crippen molar-refractivity contribution in [1.82, 2.24) is 9.55 Å². The summed E-state index contributed by atoms with van der Waals surface area (Å²) >= 11 is 0. The predicted octanol–water partition coefficient (Wildman–Crippen LogP) is 3.07. The number of hydrogen-bond acceptors (Lipinski definition) is 4. The van der Waals surface area contributed by atoms with Gasteiger partial charge in [0.15, 0.2) is 11.5 Å². The number of alkyl halides is 2. The molecule has 0 fully saturated rings. The van der Waals surface area contributed by atoms with Crippen LogP contribution in [0.3, 0.4) is 0 Å². The van der Waals surface area contributed by atoms with E-state index >= 15 is 0 Å². The van der Waals surface area contributed by atoms with Gasteiger partial charge in [-0.15, -0.1) is 8.78 Å². The summed E-state index contributed by atoms with van der Waals surface area (Å²) in [4.78, 5) is 16.7.